The number of ketones is 1. The number of carbonyl (C=O) groups is 1. The molecule has 0 saturated carbocycles. The number of rotatable bonds is 3. The molecule has 2 heterocycles. The zero-order valence-electron chi connectivity index (χ0n) is 29.1. The number of aromatic nitrogens is 2. The van der Waals surface area contributed by atoms with E-state index in [0.717, 1.165) is 22.5 Å². The number of benzene rings is 4. The van der Waals surface area contributed by atoms with E-state index in [0.29, 0.717) is 0 Å². The molecule has 6 aromatic rings. The number of aliphatic hydroxyl groups is 1. The van der Waals surface area contributed by atoms with Crippen LogP contribution in [0.25, 0.3) is 44.1 Å². The van der Waals surface area contributed by atoms with Crippen LogP contribution in [0.3, 0.4) is 0 Å². The number of pyridine rings is 2. The van der Waals surface area contributed by atoms with Crippen molar-refractivity contribution in [3.63, 3.8) is 0 Å². The molecule has 4 nitrogen and oxygen atoms in total. The van der Waals surface area contributed by atoms with Gasteiger partial charge in [-0.05, 0) is 69.7 Å². The first kappa shape index (κ1) is 38.0. The summed E-state index contributed by atoms with van der Waals surface area (Å²) in [7, 11) is 0. The second kappa shape index (κ2) is 16.6. The van der Waals surface area contributed by atoms with E-state index in [4.69, 9.17) is 5.11 Å². The Kier molecular flexibility index (Phi) is 13.1. The topological polar surface area (TPSA) is 63.1 Å². The summed E-state index contributed by atoms with van der Waals surface area (Å²) in [6.45, 7) is 16.2. The molecule has 5 heteroatoms. The maximum Gasteiger partial charge on any atom is 0.155 e. The van der Waals surface area contributed by atoms with Gasteiger partial charge in [-0.15, -0.1) is 70.8 Å². The summed E-state index contributed by atoms with van der Waals surface area (Å²) in [4.78, 5) is 19.2. The van der Waals surface area contributed by atoms with Crippen molar-refractivity contribution in [2.24, 2.45) is 0 Å². The second-order valence-corrected chi connectivity index (χ2v) is 13.6. The van der Waals surface area contributed by atoms with E-state index in [2.05, 4.69) is 136 Å². The summed E-state index contributed by atoms with van der Waals surface area (Å²) in [5.74, 6) is -0.0625. The van der Waals surface area contributed by atoms with Gasteiger partial charge in [-0.2, -0.15) is 0 Å². The number of fused-ring (bicyclic) bond motifs is 2. The van der Waals surface area contributed by atoms with Crippen LogP contribution in [0.15, 0.2) is 121 Å². The maximum absolute atomic E-state index is 10.0. The molecule has 0 saturated heterocycles. The Hall–Kier alpha value is -4.44. The number of hydrogen-bond acceptors (Lipinski definition) is 4. The smallest absolute Gasteiger partial charge is 0.155 e. The fourth-order valence-electron chi connectivity index (χ4n) is 5.10. The second-order valence-electron chi connectivity index (χ2n) is 13.6. The zero-order chi connectivity index (χ0) is 34.2. The zero-order valence-corrected chi connectivity index (χ0v) is 31.4. The third-order valence-corrected chi connectivity index (χ3v) is 7.60. The third kappa shape index (κ3) is 10.3. The van der Waals surface area contributed by atoms with Crippen LogP contribution in [0.4, 0.5) is 0 Å². The first-order valence-corrected chi connectivity index (χ1v) is 15.8. The van der Waals surface area contributed by atoms with Crippen molar-refractivity contribution < 1.29 is 30.0 Å². The molecule has 1 N–H and O–H groups in total. The molecule has 48 heavy (non-hydrogen) atoms. The van der Waals surface area contributed by atoms with Gasteiger partial charge in [0.05, 0.1) is 5.76 Å². The molecule has 0 aliphatic rings. The van der Waals surface area contributed by atoms with Crippen molar-refractivity contribution in [3.05, 3.63) is 145 Å². The van der Waals surface area contributed by atoms with Crippen LogP contribution in [0.2, 0.25) is 0 Å². The van der Waals surface area contributed by atoms with Gasteiger partial charge in [0.2, 0.25) is 0 Å². The van der Waals surface area contributed by atoms with Crippen molar-refractivity contribution in [1.82, 2.24) is 9.97 Å². The number of aliphatic hydroxyl groups excluding tert-OH is 1. The molecular weight excluding hydrogens is 769 g/mol. The predicted octanol–water partition coefficient (Wildman–Crippen LogP) is 11.0. The molecular formula is C43H44IrN2O2-2. The van der Waals surface area contributed by atoms with Crippen molar-refractivity contribution in [3.8, 4) is 22.5 Å². The number of hydrogen-bond donors (Lipinski definition) is 1. The van der Waals surface area contributed by atoms with Gasteiger partial charge in [0.25, 0.3) is 0 Å². The van der Waals surface area contributed by atoms with Crippen LogP contribution in [-0.4, -0.2) is 20.9 Å². The molecule has 6 rings (SSSR count). The summed E-state index contributed by atoms with van der Waals surface area (Å²) in [6.07, 6.45) is 4.91. The standard InChI is InChI=1S/2C19H18N.C5H8O2.Ir/c2*1-19(2,3)16-9-6-8-15(13-16)18-17-10-5-4-7-14(17)11-12-20-18;1-4(6)3-5(2)7;/h2*4-7,9-13H,1-3H3;3,6H,1-2H3;/q2*-1;;/b;;4-3-;. The Morgan fingerprint density at radius 3 is 1.38 bits per heavy atom. The van der Waals surface area contributed by atoms with Crippen LogP contribution in [0.1, 0.15) is 66.5 Å². The van der Waals surface area contributed by atoms with Gasteiger partial charge in [-0.3, -0.25) is 4.79 Å². The maximum atomic E-state index is 10.0. The summed E-state index contributed by atoms with van der Waals surface area (Å²) in [5, 5.41) is 13.1. The van der Waals surface area contributed by atoms with E-state index in [9.17, 15) is 4.79 Å². The van der Waals surface area contributed by atoms with E-state index in [1.165, 1.54) is 52.6 Å². The van der Waals surface area contributed by atoms with E-state index in [-0.39, 0.29) is 42.5 Å². The molecule has 4 aromatic carbocycles. The van der Waals surface area contributed by atoms with Crippen LogP contribution < -0.4 is 0 Å². The minimum Gasteiger partial charge on any atom is -0.512 e. The molecule has 249 valence electrons. The molecule has 0 atom stereocenters. The fourth-order valence-corrected chi connectivity index (χ4v) is 5.10. The Morgan fingerprint density at radius 1 is 0.646 bits per heavy atom. The third-order valence-electron chi connectivity index (χ3n) is 7.60. The molecule has 0 bridgehead atoms. The molecule has 0 aliphatic heterocycles. The van der Waals surface area contributed by atoms with Crippen molar-refractivity contribution >= 4 is 27.3 Å². The molecule has 0 unspecified atom stereocenters. The minimum absolute atomic E-state index is 0. The van der Waals surface area contributed by atoms with Crippen molar-refractivity contribution in [2.45, 2.75) is 66.2 Å². The summed E-state index contributed by atoms with van der Waals surface area (Å²) >= 11 is 0. The largest absolute Gasteiger partial charge is 0.512 e. The Balaban J connectivity index is 0.000000215. The van der Waals surface area contributed by atoms with Gasteiger partial charge in [-0.25, -0.2) is 0 Å². The van der Waals surface area contributed by atoms with E-state index in [1.54, 1.807) is 0 Å². The Labute approximate surface area is 299 Å². The SMILES string of the molecule is CC(=O)/C=C(/C)O.CC(C)(C)c1cc[c-]c(-c2nccc3ccccc23)c1.CC(C)(C)c1cc[c-]c(-c2nccc3ccccc23)c1.[Ir]. The summed E-state index contributed by atoms with van der Waals surface area (Å²) < 4.78 is 0. The van der Waals surface area contributed by atoms with Crippen molar-refractivity contribution in [1.29, 1.82) is 0 Å². The normalized spacial score (nSPS) is 11.5. The molecule has 0 amide bonds. The first-order valence-electron chi connectivity index (χ1n) is 15.8. The molecule has 1 radical (unpaired) electrons. The quantitative estimate of drug-likeness (QED) is 0.110. The van der Waals surface area contributed by atoms with Gasteiger partial charge in [0.1, 0.15) is 0 Å². The van der Waals surface area contributed by atoms with Crippen LogP contribution in [0.5, 0.6) is 0 Å². The monoisotopic (exact) mass is 813 g/mol. The molecule has 0 fully saturated rings. The average molecular weight is 813 g/mol. The predicted molar refractivity (Wildman–Crippen MR) is 196 cm³/mol. The molecule has 0 aliphatic carbocycles. The van der Waals surface area contributed by atoms with Gasteiger partial charge in [0.15, 0.2) is 5.78 Å². The fraction of sp³-hybridized carbons (Fsp3) is 0.233. The number of allylic oxidation sites excluding steroid dienone is 2. The van der Waals surface area contributed by atoms with E-state index in [1.807, 2.05) is 36.7 Å². The number of carbonyl (C=O) groups excluding carboxylic acids is 1. The van der Waals surface area contributed by atoms with Crippen LogP contribution >= 0.6 is 0 Å². The average Bonchev–Trinajstić information content (AvgIpc) is 3.03. The van der Waals surface area contributed by atoms with Gasteiger partial charge in [-0.1, -0.05) is 90.1 Å². The molecule has 2 aromatic heterocycles. The van der Waals surface area contributed by atoms with Gasteiger partial charge >= 0.3 is 0 Å². The molecule has 0 spiro atoms. The van der Waals surface area contributed by atoms with Crippen molar-refractivity contribution in [2.75, 3.05) is 0 Å². The van der Waals surface area contributed by atoms with Gasteiger partial charge < -0.3 is 15.1 Å². The summed E-state index contributed by atoms with van der Waals surface area (Å²) in [6, 6.07) is 40.1. The Bertz CT molecular complexity index is 1870. The first-order chi connectivity index (χ1) is 22.2. The number of nitrogens with zero attached hydrogens (tertiary/aromatic N) is 2. The van der Waals surface area contributed by atoms with Crippen LogP contribution in [0, 0.1) is 12.1 Å². The van der Waals surface area contributed by atoms with E-state index < -0.39 is 0 Å². The van der Waals surface area contributed by atoms with Gasteiger partial charge in [0, 0.05) is 38.6 Å². The van der Waals surface area contributed by atoms with E-state index >= 15 is 0 Å². The minimum atomic E-state index is -0.125. The van der Waals surface area contributed by atoms with Crippen LogP contribution in [-0.2, 0) is 35.7 Å². The summed E-state index contributed by atoms with van der Waals surface area (Å²) in [5.41, 5.74) is 7.02. The Morgan fingerprint density at radius 2 is 1.04 bits per heavy atom.